The van der Waals surface area contributed by atoms with Crippen molar-refractivity contribution in [3.8, 4) is 5.75 Å². The minimum atomic E-state index is -0.622. The second kappa shape index (κ2) is 9.32. The topological polar surface area (TPSA) is 94.3 Å². The molecule has 3 N–H and O–H groups in total. The fraction of sp³-hybridized carbons (Fsp3) is 0.136. The highest BCUT2D eigenvalue weighted by atomic mass is 16.5. The fourth-order valence-electron chi connectivity index (χ4n) is 2.59. The summed E-state index contributed by atoms with van der Waals surface area (Å²) in [6, 6.07) is 20.8. The highest BCUT2D eigenvalue weighted by Gasteiger charge is 2.08. The van der Waals surface area contributed by atoms with Crippen LogP contribution in [-0.4, -0.2) is 23.3 Å². The Balaban J connectivity index is 1.44. The molecule has 3 aromatic rings. The molecule has 0 spiro atoms. The molecule has 0 saturated carbocycles. The van der Waals surface area contributed by atoms with Crippen LogP contribution in [0.5, 0.6) is 5.75 Å². The zero-order chi connectivity index (χ0) is 19.8. The Morgan fingerprint density at radius 1 is 0.929 bits per heavy atom. The summed E-state index contributed by atoms with van der Waals surface area (Å²) in [5.41, 5.74) is 7.86. The van der Waals surface area contributed by atoms with E-state index >= 15 is 0 Å². The number of primary amides is 1. The molecule has 0 aliphatic carbocycles. The Morgan fingerprint density at radius 2 is 1.68 bits per heavy atom. The van der Waals surface area contributed by atoms with E-state index in [-0.39, 0.29) is 11.6 Å². The first-order valence-electron chi connectivity index (χ1n) is 8.91. The van der Waals surface area contributed by atoms with Crippen LogP contribution in [0.15, 0.2) is 72.9 Å². The van der Waals surface area contributed by atoms with Crippen LogP contribution in [0, 0.1) is 0 Å². The number of nitrogens with two attached hydrogens (primary N) is 1. The lowest BCUT2D eigenvalue weighted by atomic mass is 10.1. The van der Waals surface area contributed by atoms with Crippen molar-refractivity contribution < 1.29 is 14.3 Å². The van der Waals surface area contributed by atoms with Gasteiger partial charge in [-0.3, -0.25) is 14.6 Å². The van der Waals surface area contributed by atoms with Gasteiger partial charge in [0, 0.05) is 12.7 Å². The molecule has 142 valence electrons. The van der Waals surface area contributed by atoms with Crippen molar-refractivity contribution in [1.82, 2.24) is 10.3 Å². The summed E-state index contributed by atoms with van der Waals surface area (Å²) in [5, 5.41) is 2.83. The summed E-state index contributed by atoms with van der Waals surface area (Å²) < 4.78 is 5.76. The number of hydrogen-bond acceptors (Lipinski definition) is 4. The number of carbonyl (C=O) groups excluding carboxylic acids is 2. The normalized spacial score (nSPS) is 10.3. The largest absolute Gasteiger partial charge is 0.489 e. The predicted octanol–water partition coefficient (Wildman–Crippen LogP) is 2.73. The molecule has 0 unspecified atom stereocenters. The van der Waals surface area contributed by atoms with Crippen LogP contribution < -0.4 is 15.8 Å². The van der Waals surface area contributed by atoms with Crippen LogP contribution in [-0.2, 0) is 13.0 Å². The molecule has 6 heteroatoms. The number of ether oxygens (including phenoxy) is 1. The lowest BCUT2D eigenvalue weighted by Crippen LogP contribution is -2.26. The third-order valence-electron chi connectivity index (χ3n) is 4.15. The molecule has 28 heavy (non-hydrogen) atoms. The van der Waals surface area contributed by atoms with Crippen LogP contribution >= 0.6 is 0 Å². The minimum absolute atomic E-state index is 0.131. The summed E-state index contributed by atoms with van der Waals surface area (Å²) >= 11 is 0. The average molecular weight is 375 g/mol. The van der Waals surface area contributed by atoms with Gasteiger partial charge in [0.25, 0.3) is 11.8 Å². The number of pyridine rings is 1. The first kappa shape index (κ1) is 19.1. The van der Waals surface area contributed by atoms with Gasteiger partial charge in [0.15, 0.2) is 0 Å². The van der Waals surface area contributed by atoms with Crippen LogP contribution in [0.25, 0.3) is 0 Å². The number of benzene rings is 2. The van der Waals surface area contributed by atoms with Gasteiger partial charge in [-0.05, 0) is 41.8 Å². The monoisotopic (exact) mass is 375 g/mol. The van der Waals surface area contributed by atoms with Gasteiger partial charge in [-0.1, -0.05) is 42.5 Å². The third kappa shape index (κ3) is 5.41. The number of hydrogen-bond donors (Lipinski definition) is 2. The van der Waals surface area contributed by atoms with E-state index in [0.717, 1.165) is 16.9 Å². The van der Waals surface area contributed by atoms with Crippen molar-refractivity contribution in [2.75, 3.05) is 6.54 Å². The number of rotatable bonds is 8. The van der Waals surface area contributed by atoms with E-state index in [0.29, 0.717) is 25.1 Å². The molecule has 0 saturated heterocycles. The van der Waals surface area contributed by atoms with Gasteiger partial charge < -0.3 is 15.8 Å². The van der Waals surface area contributed by atoms with Crippen molar-refractivity contribution in [1.29, 1.82) is 0 Å². The lowest BCUT2D eigenvalue weighted by Gasteiger charge is -2.08. The Kier molecular flexibility index (Phi) is 6.36. The molecule has 1 heterocycles. The van der Waals surface area contributed by atoms with E-state index in [2.05, 4.69) is 10.3 Å². The van der Waals surface area contributed by atoms with Gasteiger partial charge in [0.1, 0.15) is 18.1 Å². The molecule has 0 aliphatic heterocycles. The molecule has 3 rings (SSSR count). The SMILES string of the molecule is NC(=O)c1ccc(C(=O)NCCc2ccc(OCc3ccccc3)cc2)cn1. The first-order valence-corrected chi connectivity index (χ1v) is 8.91. The van der Waals surface area contributed by atoms with E-state index in [4.69, 9.17) is 10.5 Å². The Bertz CT molecular complexity index is 924. The fourth-order valence-corrected chi connectivity index (χ4v) is 2.59. The van der Waals surface area contributed by atoms with Crippen molar-refractivity contribution in [2.45, 2.75) is 13.0 Å². The Morgan fingerprint density at radius 3 is 2.32 bits per heavy atom. The van der Waals surface area contributed by atoms with E-state index in [1.165, 1.54) is 18.3 Å². The smallest absolute Gasteiger partial charge is 0.267 e. The maximum atomic E-state index is 12.1. The molecule has 2 aromatic carbocycles. The quantitative estimate of drug-likeness (QED) is 0.633. The number of nitrogens with zero attached hydrogens (tertiary/aromatic N) is 1. The van der Waals surface area contributed by atoms with Gasteiger partial charge >= 0.3 is 0 Å². The van der Waals surface area contributed by atoms with Gasteiger partial charge in [0.05, 0.1) is 5.56 Å². The average Bonchev–Trinajstić information content (AvgIpc) is 2.74. The number of carbonyl (C=O) groups is 2. The summed E-state index contributed by atoms with van der Waals surface area (Å²) in [7, 11) is 0. The zero-order valence-corrected chi connectivity index (χ0v) is 15.3. The summed E-state index contributed by atoms with van der Waals surface area (Å²) in [6.45, 7) is 1.01. The molecular weight excluding hydrogens is 354 g/mol. The molecule has 0 atom stereocenters. The third-order valence-corrected chi connectivity index (χ3v) is 4.15. The van der Waals surface area contributed by atoms with Crippen LogP contribution in [0.2, 0.25) is 0 Å². The number of aromatic nitrogens is 1. The van der Waals surface area contributed by atoms with Crippen LogP contribution in [0.3, 0.4) is 0 Å². The maximum absolute atomic E-state index is 12.1. The molecular formula is C22H21N3O3. The highest BCUT2D eigenvalue weighted by molar-refractivity contribution is 5.95. The maximum Gasteiger partial charge on any atom is 0.267 e. The molecule has 0 bridgehead atoms. The molecule has 6 nitrogen and oxygen atoms in total. The van der Waals surface area contributed by atoms with Gasteiger partial charge in [0.2, 0.25) is 0 Å². The van der Waals surface area contributed by atoms with Gasteiger partial charge in [-0.2, -0.15) is 0 Å². The van der Waals surface area contributed by atoms with E-state index in [1.54, 1.807) is 0 Å². The summed E-state index contributed by atoms with van der Waals surface area (Å²) in [5.74, 6) is -0.0632. The predicted molar refractivity (Wildman–Crippen MR) is 106 cm³/mol. The van der Waals surface area contributed by atoms with E-state index < -0.39 is 5.91 Å². The standard InChI is InChI=1S/C22H21N3O3/c23-21(26)20-11-8-18(14-25-20)22(27)24-13-12-16-6-9-19(10-7-16)28-15-17-4-2-1-3-5-17/h1-11,14H,12-13,15H2,(H2,23,26)(H,24,27). The lowest BCUT2D eigenvalue weighted by molar-refractivity contribution is 0.0950. The Labute approximate surface area is 163 Å². The van der Waals surface area contributed by atoms with Crippen LogP contribution in [0.1, 0.15) is 32.0 Å². The highest BCUT2D eigenvalue weighted by Crippen LogP contribution is 2.14. The van der Waals surface area contributed by atoms with Crippen molar-refractivity contribution >= 4 is 11.8 Å². The minimum Gasteiger partial charge on any atom is -0.489 e. The molecule has 0 radical (unpaired) electrons. The number of amides is 2. The van der Waals surface area contributed by atoms with Crippen molar-refractivity contribution in [2.24, 2.45) is 5.73 Å². The molecule has 1 aromatic heterocycles. The second-order valence-electron chi connectivity index (χ2n) is 6.22. The van der Waals surface area contributed by atoms with E-state index in [1.807, 2.05) is 54.6 Å². The van der Waals surface area contributed by atoms with Crippen molar-refractivity contribution in [3.05, 3.63) is 95.3 Å². The molecule has 0 aliphatic rings. The zero-order valence-electron chi connectivity index (χ0n) is 15.3. The molecule has 2 amide bonds. The van der Waals surface area contributed by atoms with Crippen molar-refractivity contribution in [3.63, 3.8) is 0 Å². The summed E-state index contributed by atoms with van der Waals surface area (Å²) in [4.78, 5) is 27.0. The molecule has 0 fully saturated rings. The van der Waals surface area contributed by atoms with Crippen LogP contribution in [0.4, 0.5) is 0 Å². The number of nitrogens with one attached hydrogen (secondary N) is 1. The van der Waals surface area contributed by atoms with E-state index in [9.17, 15) is 9.59 Å². The second-order valence-corrected chi connectivity index (χ2v) is 6.22. The van der Waals surface area contributed by atoms with Gasteiger partial charge in [-0.25, -0.2) is 0 Å². The Hall–Kier alpha value is -3.67. The first-order chi connectivity index (χ1) is 13.6. The summed E-state index contributed by atoms with van der Waals surface area (Å²) in [6.07, 6.45) is 2.03. The van der Waals surface area contributed by atoms with Gasteiger partial charge in [-0.15, -0.1) is 0 Å².